The van der Waals surface area contributed by atoms with Gasteiger partial charge in [0.1, 0.15) is 0 Å². The number of rotatable bonds is 4. The van der Waals surface area contributed by atoms with E-state index in [0.29, 0.717) is 16.8 Å². The van der Waals surface area contributed by atoms with E-state index in [4.69, 9.17) is 5.73 Å². The van der Waals surface area contributed by atoms with Crippen LogP contribution in [0.4, 0.5) is 5.69 Å². The zero-order valence-corrected chi connectivity index (χ0v) is 13.2. The average molecular weight is 349 g/mol. The Labute approximate surface area is 132 Å². The number of carbonyl (C=O) groups is 1. The van der Waals surface area contributed by atoms with Crippen LogP contribution in [0.3, 0.4) is 0 Å². The number of anilines is 1. The minimum absolute atomic E-state index is 0.142. The molecule has 0 radical (unpaired) electrons. The van der Waals surface area contributed by atoms with Crippen LogP contribution in [0.15, 0.2) is 46.9 Å². The molecule has 1 unspecified atom stereocenters. The molecule has 1 atom stereocenters. The summed E-state index contributed by atoms with van der Waals surface area (Å²) in [6.45, 7) is 2.10. The van der Waals surface area contributed by atoms with Gasteiger partial charge < -0.3 is 16.2 Å². The van der Waals surface area contributed by atoms with Gasteiger partial charge >= 0.3 is 0 Å². The summed E-state index contributed by atoms with van der Waals surface area (Å²) >= 11 is 3.37. The average Bonchev–Trinajstić information content (AvgIpc) is 2.45. The predicted octanol–water partition coefficient (Wildman–Crippen LogP) is 2.80. The van der Waals surface area contributed by atoms with Crippen molar-refractivity contribution in [2.75, 3.05) is 12.3 Å². The maximum atomic E-state index is 12.1. The molecule has 4 N–H and O–H groups in total. The van der Waals surface area contributed by atoms with Gasteiger partial charge in [-0.3, -0.25) is 4.79 Å². The first kappa shape index (κ1) is 15.5. The lowest BCUT2D eigenvalue weighted by Gasteiger charge is -2.13. The van der Waals surface area contributed by atoms with E-state index in [1.807, 2.05) is 19.1 Å². The molecule has 0 aliphatic carbocycles. The number of aliphatic hydroxyl groups excluding tert-OH is 1. The molecule has 21 heavy (non-hydrogen) atoms. The number of aryl methyl sites for hydroxylation is 1. The summed E-state index contributed by atoms with van der Waals surface area (Å²) in [7, 11) is 0. The first-order chi connectivity index (χ1) is 9.97. The minimum atomic E-state index is -0.765. The summed E-state index contributed by atoms with van der Waals surface area (Å²) in [5.41, 5.74) is 8.57. The number of nitrogens with one attached hydrogen (secondary N) is 1. The van der Waals surface area contributed by atoms with Crippen molar-refractivity contribution < 1.29 is 9.90 Å². The predicted molar refractivity (Wildman–Crippen MR) is 87.0 cm³/mol. The van der Waals surface area contributed by atoms with Crippen molar-refractivity contribution in [3.05, 3.63) is 63.6 Å². The third kappa shape index (κ3) is 4.06. The molecular formula is C16H17BrN2O2. The Bertz CT molecular complexity index is 641. The zero-order chi connectivity index (χ0) is 15.4. The van der Waals surface area contributed by atoms with Crippen molar-refractivity contribution in [2.24, 2.45) is 0 Å². The van der Waals surface area contributed by atoms with Gasteiger partial charge in [-0.1, -0.05) is 18.2 Å². The SMILES string of the molecule is Cc1ccc(C(=O)NCC(O)c2ccc(N)cc2)c(Br)c1. The molecule has 0 aliphatic heterocycles. The van der Waals surface area contributed by atoms with Crippen LogP contribution in [0, 0.1) is 6.92 Å². The number of nitrogens with two attached hydrogens (primary N) is 1. The Hall–Kier alpha value is -1.85. The highest BCUT2D eigenvalue weighted by Crippen LogP contribution is 2.19. The fraction of sp³-hybridized carbons (Fsp3) is 0.188. The van der Waals surface area contributed by atoms with Crippen LogP contribution in [0.5, 0.6) is 0 Å². The Balaban J connectivity index is 1.99. The van der Waals surface area contributed by atoms with Crippen molar-refractivity contribution in [1.29, 1.82) is 0 Å². The monoisotopic (exact) mass is 348 g/mol. The lowest BCUT2D eigenvalue weighted by molar-refractivity contribution is 0.0915. The highest BCUT2D eigenvalue weighted by atomic mass is 79.9. The Morgan fingerprint density at radius 2 is 1.95 bits per heavy atom. The number of halogens is 1. The van der Waals surface area contributed by atoms with Crippen LogP contribution < -0.4 is 11.1 Å². The van der Waals surface area contributed by atoms with Crippen LogP contribution >= 0.6 is 15.9 Å². The van der Waals surface area contributed by atoms with Crippen molar-refractivity contribution in [3.63, 3.8) is 0 Å². The Morgan fingerprint density at radius 3 is 2.57 bits per heavy atom. The second-order valence-electron chi connectivity index (χ2n) is 4.88. The molecule has 0 aromatic heterocycles. The third-order valence-electron chi connectivity index (χ3n) is 3.15. The van der Waals surface area contributed by atoms with E-state index < -0.39 is 6.10 Å². The molecule has 0 fully saturated rings. The number of carbonyl (C=O) groups excluding carboxylic acids is 1. The summed E-state index contributed by atoms with van der Waals surface area (Å²) in [5.74, 6) is -0.226. The number of hydrogen-bond acceptors (Lipinski definition) is 3. The topological polar surface area (TPSA) is 75.3 Å². The zero-order valence-electron chi connectivity index (χ0n) is 11.6. The molecule has 5 heteroatoms. The standard InChI is InChI=1S/C16H17BrN2O2/c1-10-2-7-13(14(17)8-10)16(21)19-9-15(20)11-3-5-12(18)6-4-11/h2-8,15,20H,9,18H2,1H3,(H,19,21). The second kappa shape index (κ2) is 6.74. The van der Waals surface area contributed by atoms with Gasteiger partial charge in [-0.25, -0.2) is 0 Å². The fourth-order valence-electron chi connectivity index (χ4n) is 1.92. The Morgan fingerprint density at radius 1 is 1.29 bits per heavy atom. The van der Waals surface area contributed by atoms with Gasteiger partial charge in [0.2, 0.25) is 0 Å². The van der Waals surface area contributed by atoms with Gasteiger partial charge in [-0.05, 0) is 58.2 Å². The van der Waals surface area contributed by atoms with E-state index in [1.54, 1.807) is 30.3 Å². The van der Waals surface area contributed by atoms with Crippen molar-refractivity contribution in [2.45, 2.75) is 13.0 Å². The molecule has 4 nitrogen and oxygen atoms in total. The largest absolute Gasteiger partial charge is 0.399 e. The number of hydrogen-bond donors (Lipinski definition) is 3. The van der Waals surface area contributed by atoms with Gasteiger partial charge in [-0.2, -0.15) is 0 Å². The molecule has 2 aromatic carbocycles. The van der Waals surface area contributed by atoms with E-state index in [1.165, 1.54) is 0 Å². The van der Waals surface area contributed by atoms with Crippen molar-refractivity contribution in [3.8, 4) is 0 Å². The lowest BCUT2D eigenvalue weighted by Crippen LogP contribution is -2.28. The van der Waals surface area contributed by atoms with Crippen LogP contribution in [0.25, 0.3) is 0 Å². The molecular weight excluding hydrogens is 332 g/mol. The van der Waals surface area contributed by atoms with Gasteiger partial charge in [0.25, 0.3) is 5.91 Å². The van der Waals surface area contributed by atoms with Crippen molar-refractivity contribution >= 4 is 27.5 Å². The quantitative estimate of drug-likeness (QED) is 0.743. The Kier molecular flexibility index (Phi) is 4.98. The summed E-state index contributed by atoms with van der Waals surface area (Å²) in [4.78, 5) is 12.1. The molecule has 0 spiro atoms. The summed E-state index contributed by atoms with van der Waals surface area (Å²) in [6.07, 6.45) is -0.765. The lowest BCUT2D eigenvalue weighted by atomic mass is 10.1. The molecule has 0 saturated heterocycles. The number of aliphatic hydroxyl groups is 1. The van der Waals surface area contributed by atoms with Gasteiger partial charge in [0.15, 0.2) is 0 Å². The molecule has 0 aliphatic rings. The first-order valence-corrected chi connectivity index (χ1v) is 7.34. The van der Waals surface area contributed by atoms with Crippen LogP contribution in [-0.4, -0.2) is 17.6 Å². The number of amides is 1. The van der Waals surface area contributed by atoms with Crippen molar-refractivity contribution in [1.82, 2.24) is 5.32 Å². The molecule has 2 rings (SSSR count). The van der Waals surface area contributed by atoms with Crippen LogP contribution in [0.1, 0.15) is 27.6 Å². The molecule has 0 bridgehead atoms. The number of nitrogen functional groups attached to an aromatic ring is 1. The highest BCUT2D eigenvalue weighted by Gasteiger charge is 2.13. The smallest absolute Gasteiger partial charge is 0.252 e. The minimum Gasteiger partial charge on any atom is -0.399 e. The molecule has 1 amide bonds. The van der Waals surface area contributed by atoms with E-state index in [-0.39, 0.29) is 12.5 Å². The highest BCUT2D eigenvalue weighted by molar-refractivity contribution is 9.10. The summed E-state index contributed by atoms with van der Waals surface area (Å²) in [6, 6.07) is 12.4. The van der Waals surface area contributed by atoms with E-state index in [9.17, 15) is 9.90 Å². The van der Waals surface area contributed by atoms with Crippen LogP contribution in [0.2, 0.25) is 0 Å². The normalized spacial score (nSPS) is 12.0. The second-order valence-corrected chi connectivity index (χ2v) is 5.73. The van der Waals surface area contributed by atoms with E-state index >= 15 is 0 Å². The molecule has 0 heterocycles. The van der Waals surface area contributed by atoms with Gasteiger partial charge in [-0.15, -0.1) is 0 Å². The van der Waals surface area contributed by atoms with E-state index in [0.717, 1.165) is 10.0 Å². The molecule has 0 saturated carbocycles. The number of benzene rings is 2. The summed E-state index contributed by atoms with van der Waals surface area (Å²) < 4.78 is 0.738. The van der Waals surface area contributed by atoms with Gasteiger partial charge in [0.05, 0.1) is 11.7 Å². The van der Waals surface area contributed by atoms with Crippen LogP contribution in [-0.2, 0) is 0 Å². The molecule has 2 aromatic rings. The van der Waals surface area contributed by atoms with Gasteiger partial charge in [0, 0.05) is 16.7 Å². The first-order valence-electron chi connectivity index (χ1n) is 6.55. The maximum Gasteiger partial charge on any atom is 0.252 e. The molecule has 110 valence electrons. The maximum absolute atomic E-state index is 12.1. The summed E-state index contributed by atoms with van der Waals surface area (Å²) in [5, 5.41) is 12.8. The van der Waals surface area contributed by atoms with E-state index in [2.05, 4.69) is 21.2 Å². The fourth-order valence-corrected chi connectivity index (χ4v) is 2.60. The third-order valence-corrected chi connectivity index (χ3v) is 3.80.